The van der Waals surface area contributed by atoms with E-state index in [-0.39, 0.29) is 42.3 Å². The molecule has 3 aliphatic heterocycles. The van der Waals surface area contributed by atoms with Crippen LogP contribution in [0.3, 0.4) is 0 Å². The number of benzene rings is 1. The Hall–Kier alpha value is -1.94. The fourth-order valence-electron chi connectivity index (χ4n) is 6.25. The molecule has 1 aromatic rings. The minimum atomic E-state index is -1.24. The standard InChI is InChI=1S/C27H34BrClN2O6/c1-5-12-30(17-10-8-16(29)9-11-17)25(34)23-27-13-18(28)22(37-27)20(26(35)36-7-3)21(27)24(33)31(23)19(14-32)15(4)6-2/h5,8-11,15,18-23,32H,1,6-7,12-14H2,2-4H3/t15-,18?,19-,20-,21+,22-,23-,27+/m0/s1. The minimum absolute atomic E-state index is 0.0964. The lowest BCUT2D eigenvalue weighted by Crippen LogP contribution is -2.60. The second-order valence-electron chi connectivity index (χ2n) is 10.0. The fourth-order valence-corrected chi connectivity index (χ4v) is 7.32. The Kier molecular flexibility index (Phi) is 8.38. The van der Waals surface area contributed by atoms with Gasteiger partial charge in [-0.25, -0.2) is 0 Å². The van der Waals surface area contributed by atoms with E-state index >= 15 is 0 Å². The fraction of sp³-hybridized carbons (Fsp3) is 0.593. The van der Waals surface area contributed by atoms with E-state index in [0.717, 1.165) is 0 Å². The molecule has 8 atom stereocenters. The van der Waals surface area contributed by atoms with E-state index in [1.165, 1.54) is 4.90 Å². The van der Waals surface area contributed by atoms with Crippen molar-refractivity contribution in [3.8, 4) is 0 Å². The maximum Gasteiger partial charge on any atom is 0.312 e. The molecule has 37 heavy (non-hydrogen) atoms. The second-order valence-corrected chi connectivity index (χ2v) is 11.6. The zero-order valence-corrected chi connectivity index (χ0v) is 23.7. The predicted molar refractivity (Wildman–Crippen MR) is 144 cm³/mol. The van der Waals surface area contributed by atoms with E-state index in [1.54, 1.807) is 42.2 Å². The number of alkyl halides is 1. The van der Waals surface area contributed by atoms with Crippen LogP contribution in [-0.4, -0.2) is 76.2 Å². The number of hydrogen-bond acceptors (Lipinski definition) is 6. The molecule has 8 nitrogen and oxygen atoms in total. The third-order valence-electron chi connectivity index (χ3n) is 8.08. The lowest BCUT2D eigenvalue weighted by Gasteiger charge is -2.41. The number of hydrogen-bond donors (Lipinski definition) is 1. The molecule has 3 saturated heterocycles. The lowest BCUT2D eigenvalue weighted by atomic mass is 9.70. The molecular weight excluding hydrogens is 564 g/mol. The third kappa shape index (κ3) is 4.51. The number of rotatable bonds is 10. The number of carbonyl (C=O) groups excluding carboxylic acids is 3. The highest BCUT2D eigenvalue weighted by Crippen LogP contribution is 2.61. The van der Waals surface area contributed by atoms with Gasteiger partial charge in [0.25, 0.3) is 5.91 Å². The van der Waals surface area contributed by atoms with Gasteiger partial charge in [-0.1, -0.05) is 53.9 Å². The smallest absolute Gasteiger partial charge is 0.312 e. The van der Waals surface area contributed by atoms with Gasteiger partial charge in [-0.05, 0) is 43.5 Å². The van der Waals surface area contributed by atoms with Crippen molar-refractivity contribution in [3.05, 3.63) is 41.9 Å². The van der Waals surface area contributed by atoms with E-state index in [4.69, 9.17) is 21.1 Å². The van der Waals surface area contributed by atoms with Crippen molar-refractivity contribution in [1.29, 1.82) is 0 Å². The number of halogens is 2. The topological polar surface area (TPSA) is 96.4 Å². The number of amides is 2. The number of aliphatic hydroxyl groups excluding tert-OH is 1. The number of carbonyl (C=O) groups is 3. The highest BCUT2D eigenvalue weighted by Gasteiger charge is 2.77. The number of aliphatic hydroxyl groups is 1. The van der Waals surface area contributed by atoms with Gasteiger partial charge < -0.3 is 24.4 Å². The summed E-state index contributed by atoms with van der Waals surface area (Å²) in [5.41, 5.74) is -0.646. The summed E-state index contributed by atoms with van der Waals surface area (Å²) in [6, 6.07) is 5.19. The van der Waals surface area contributed by atoms with Crippen LogP contribution >= 0.6 is 27.5 Å². The first-order valence-corrected chi connectivity index (χ1v) is 14.0. The van der Waals surface area contributed by atoms with Crippen molar-refractivity contribution < 1.29 is 29.0 Å². The molecule has 2 amide bonds. The van der Waals surface area contributed by atoms with Gasteiger partial charge in [0.1, 0.15) is 11.6 Å². The average molecular weight is 598 g/mol. The van der Waals surface area contributed by atoms with Crippen LogP contribution in [0.15, 0.2) is 36.9 Å². The van der Waals surface area contributed by atoms with E-state index in [2.05, 4.69) is 22.5 Å². The van der Waals surface area contributed by atoms with Crippen LogP contribution in [0.25, 0.3) is 0 Å². The Labute approximate surface area is 231 Å². The van der Waals surface area contributed by atoms with E-state index in [9.17, 15) is 19.5 Å². The number of anilines is 1. The number of esters is 1. The highest BCUT2D eigenvalue weighted by molar-refractivity contribution is 9.09. The molecule has 3 heterocycles. The van der Waals surface area contributed by atoms with Gasteiger partial charge in [-0.15, -0.1) is 6.58 Å². The summed E-state index contributed by atoms with van der Waals surface area (Å²) in [5, 5.41) is 11.0. The molecule has 1 spiro atoms. The summed E-state index contributed by atoms with van der Waals surface area (Å²) in [6.07, 6.45) is 2.08. The molecule has 1 unspecified atom stereocenters. The number of nitrogens with zero attached hydrogens (tertiary/aromatic N) is 2. The summed E-state index contributed by atoms with van der Waals surface area (Å²) in [6.45, 7) is 9.49. The maximum absolute atomic E-state index is 14.5. The van der Waals surface area contributed by atoms with Crippen LogP contribution in [0.5, 0.6) is 0 Å². The van der Waals surface area contributed by atoms with Crippen LogP contribution in [-0.2, 0) is 23.9 Å². The molecule has 10 heteroatoms. The molecule has 202 valence electrons. The Bertz CT molecular complexity index is 1050. The van der Waals surface area contributed by atoms with Crippen LogP contribution in [0.4, 0.5) is 5.69 Å². The minimum Gasteiger partial charge on any atom is -0.466 e. The van der Waals surface area contributed by atoms with Crippen LogP contribution in [0, 0.1) is 17.8 Å². The Morgan fingerprint density at radius 2 is 2.05 bits per heavy atom. The molecule has 3 fully saturated rings. The van der Waals surface area contributed by atoms with E-state index in [0.29, 0.717) is 23.6 Å². The van der Waals surface area contributed by atoms with Crippen molar-refractivity contribution >= 4 is 51.0 Å². The quantitative estimate of drug-likeness (QED) is 0.252. The SMILES string of the molecule is C=CCN(C(=O)[C@@H]1N([C@@H](CO)[C@@H](C)CC)C(=O)[C@H]2[C@H](C(=O)OCC)[C@H]3O[C@@]12CC3Br)c1ccc(Cl)cc1. The molecule has 0 radical (unpaired) electrons. The summed E-state index contributed by atoms with van der Waals surface area (Å²) in [7, 11) is 0. The maximum atomic E-state index is 14.5. The van der Waals surface area contributed by atoms with Crippen LogP contribution in [0.2, 0.25) is 5.02 Å². The molecule has 0 aliphatic carbocycles. The van der Waals surface area contributed by atoms with E-state index < -0.39 is 41.6 Å². The second kappa shape index (κ2) is 11.0. The summed E-state index contributed by atoms with van der Waals surface area (Å²) >= 11 is 9.74. The van der Waals surface area contributed by atoms with Gasteiger partial charge in [0.05, 0.1) is 37.2 Å². The molecule has 2 bridgehead atoms. The predicted octanol–water partition coefficient (Wildman–Crippen LogP) is 3.58. The van der Waals surface area contributed by atoms with Gasteiger partial charge in [0.2, 0.25) is 5.91 Å². The van der Waals surface area contributed by atoms with Gasteiger partial charge in [0, 0.05) is 22.1 Å². The van der Waals surface area contributed by atoms with Gasteiger partial charge in [-0.3, -0.25) is 14.4 Å². The molecule has 1 aromatic carbocycles. The molecule has 0 saturated carbocycles. The van der Waals surface area contributed by atoms with Crippen molar-refractivity contribution in [2.45, 2.75) is 62.2 Å². The van der Waals surface area contributed by atoms with Crippen LogP contribution in [0.1, 0.15) is 33.6 Å². The monoisotopic (exact) mass is 596 g/mol. The highest BCUT2D eigenvalue weighted by atomic mass is 79.9. The van der Waals surface area contributed by atoms with Crippen molar-refractivity contribution in [2.24, 2.45) is 17.8 Å². The van der Waals surface area contributed by atoms with Crippen molar-refractivity contribution in [1.82, 2.24) is 4.90 Å². The van der Waals surface area contributed by atoms with Crippen molar-refractivity contribution in [2.75, 3.05) is 24.7 Å². The molecule has 1 N–H and O–H groups in total. The number of fused-ring (bicyclic) bond motifs is 1. The largest absolute Gasteiger partial charge is 0.466 e. The third-order valence-corrected chi connectivity index (χ3v) is 9.18. The summed E-state index contributed by atoms with van der Waals surface area (Å²) in [5.74, 6) is -3.04. The molecule has 4 rings (SSSR count). The first-order valence-electron chi connectivity index (χ1n) is 12.8. The van der Waals surface area contributed by atoms with Gasteiger partial charge >= 0.3 is 5.97 Å². The van der Waals surface area contributed by atoms with Crippen molar-refractivity contribution in [3.63, 3.8) is 0 Å². The molecule has 0 aromatic heterocycles. The number of likely N-dealkylation sites (tertiary alicyclic amines) is 1. The zero-order chi connectivity index (χ0) is 27.1. The Morgan fingerprint density at radius 3 is 2.62 bits per heavy atom. The first-order chi connectivity index (χ1) is 17.7. The average Bonchev–Trinajstić information content (AvgIpc) is 3.47. The van der Waals surface area contributed by atoms with Gasteiger partial charge in [0.15, 0.2) is 0 Å². The summed E-state index contributed by atoms with van der Waals surface area (Å²) < 4.78 is 11.9. The number of ether oxygens (including phenoxy) is 2. The molecular formula is C27H34BrClN2O6. The Balaban J connectivity index is 1.86. The normalized spacial score (nSPS) is 31.7. The van der Waals surface area contributed by atoms with Crippen LogP contribution < -0.4 is 4.90 Å². The summed E-state index contributed by atoms with van der Waals surface area (Å²) in [4.78, 5) is 44.6. The van der Waals surface area contributed by atoms with Gasteiger partial charge in [-0.2, -0.15) is 0 Å². The zero-order valence-electron chi connectivity index (χ0n) is 21.3. The first kappa shape index (κ1) is 28.1. The Morgan fingerprint density at radius 1 is 1.38 bits per heavy atom. The lowest BCUT2D eigenvalue weighted by molar-refractivity contribution is -0.155. The van der Waals surface area contributed by atoms with E-state index in [1.807, 2.05) is 13.8 Å². The molecule has 3 aliphatic rings.